The normalized spacial score (nSPS) is 14.2. The van der Waals surface area contributed by atoms with Gasteiger partial charge in [-0.05, 0) is 48.9 Å². The predicted octanol–water partition coefficient (Wildman–Crippen LogP) is 4.07. The van der Waals surface area contributed by atoms with E-state index in [1.165, 1.54) is 5.56 Å². The van der Waals surface area contributed by atoms with Crippen molar-refractivity contribution in [1.82, 2.24) is 15.1 Å². The molecule has 3 aromatic rings. The summed E-state index contributed by atoms with van der Waals surface area (Å²) in [5.74, 6) is 0.883. The Bertz CT molecular complexity index is 965. The Hall–Kier alpha value is -2.92. The number of piperazine rings is 1. The van der Waals surface area contributed by atoms with Gasteiger partial charge < -0.3 is 9.80 Å². The van der Waals surface area contributed by atoms with E-state index < -0.39 is 0 Å². The Morgan fingerprint density at radius 2 is 1.61 bits per heavy atom. The number of rotatable bonds is 3. The van der Waals surface area contributed by atoms with Crippen LogP contribution < -0.4 is 4.90 Å². The molecule has 0 saturated carbocycles. The van der Waals surface area contributed by atoms with Crippen molar-refractivity contribution in [3.63, 3.8) is 0 Å². The van der Waals surface area contributed by atoms with Crippen molar-refractivity contribution in [2.75, 3.05) is 31.1 Å². The number of hydrogen-bond donors (Lipinski definition) is 0. The van der Waals surface area contributed by atoms with E-state index in [0.29, 0.717) is 23.7 Å². The molecule has 0 atom stereocenters. The molecule has 28 heavy (non-hydrogen) atoms. The molecule has 2 heterocycles. The maximum Gasteiger partial charge on any atom is 0.253 e. The molecule has 1 aliphatic heterocycles. The van der Waals surface area contributed by atoms with Crippen molar-refractivity contribution in [2.45, 2.75) is 6.92 Å². The average molecular weight is 393 g/mol. The molecule has 0 bridgehead atoms. The van der Waals surface area contributed by atoms with Crippen LogP contribution in [0.4, 0.5) is 5.82 Å². The van der Waals surface area contributed by atoms with Crippen molar-refractivity contribution >= 4 is 23.3 Å². The highest BCUT2D eigenvalue weighted by Crippen LogP contribution is 2.22. The third-order valence-electron chi connectivity index (χ3n) is 5.05. The number of amides is 1. The van der Waals surface area contributed by atoms with Crippen molar-refractivity contribution in [1.29, 1.82) is 0 Å². The van der Waals surface area contributed by atoms with Crippen LogP contribution in [0.15, 0.2) is 60.7 Å². The van der Waals surface area contributed by atoms with Crippen molar-refractivity contribution in [3.8, 4) is 11.3 Å². The van der Waals surface area contributed by atoms with Gasteiger partial charge in [-0.1, -0.05) is 35.9 Å². The first-order valence-corrected chi connectivity index (χ1v) is 9.69. The van der Waals surface area contributed by atoms with E-state index in [1.807, 2.05) is 29.2 Å². The van der Waals surface area contributed by atoms with E-state index >= 15 is 0 Å². The van der Waals surface area contributed by atoms with Gasteiger partial charge in [0, 0.05) is 42.3 Å². The van der Waals surface area contributed by atoms with Crippen molar-refractivity contribution < 1.29 is 4.79 Å². The van der Waals surface area contributed by atoms with E-state index in [1.54, 1.807) is 24.3 Å². The van der Waals surface area contributed by atoms with Gasteiger partial charge in [-0.15, -0.1) is 10.2 Å². The summed E-state index contributed by atoms with van der Waals surface area (Å²) < 4.78 is 0. The van der Waals surface area contributed by atoms with Crippen LogP contribution in [0.3, 0.4) is 0 Å². The van der Waals surface area contributed by atoms with Gasteiger partial charge in [0.1, 0.15) is 0 Å². The van der Waals surface area contributed by atoms with Crippen LogP contribution in [0.25, 0.3) is 11.3 Å². The lowest BCUT2D eigenvalue weighted by atomic mass is 10.1. The largest absolute Gasteiger partial charge is 0.352 e. The summed E-state index contributed by atoms with van der Waals surface area (Å²) in [5.41, 5.74) is 3.82. The highest BCUT2D eigenvalue weighted by Gasteiger charge is 2.23. The van der Waals surface area contributed by atoms with Gasteiger partial charge in [0.15, 0.2) is 5.82 Å². The summed E-state index contributed by atoms with van der Waals surface area (Å²) in [6, 6.07) is 19.2. The van der Waals surface area contributed by atoms with Crippen LogP contribution in [0.2, 0.25) is 5.02 Å². The highest BCUT2D eigenvalue weighted by molar-refractivity contribution is 6.30. The number of anilines is 1. The first kappa shape index (κ1) is 18.4. The minimum atomic E-state index is 0.0392. The van der Waals surface area contributed by atoms with E-state index in [-0.39, 0.29) is 5.91 Å². The standard InChI is InChI=1S/C22H21ClN4O/c1-16-4-2-3-5-19(16)20-10-11-21(25-24-20)26-12-14-27(15-13-26)22(28)17-6-8-18(23)9-7-17/h2-11H,12-15H2,1H3. The van der Waals surface area contributed by atoms with Gasteiger partial charge in [0.25, 0.3) is 5.91 Å². The second kappa shape index (κ2) is 7.98. The Balaban J connectivity index is 1.40. The first-order valence-electron chi connectivity index (χ1n) is 9.31. The fourth-order valence-electron chi connectivity index (χ4n) is 3.41. The monoisotopic (exact) mass is 392 g/mol. The van der Waals surface area contributed by atoms with Crippen LogP contribution in [0.5, 0.6) is 0 Å². The minimum absolute atomic E-state index is 0.0392. The number of carbonyl (C=O) groups is 1. The number of benzene rings is 2. The number of carbonyl (C=O) groups excluding carboxylic acids is 1. The van der Waals surface area contributed by atoms with Crippen LogP contribution >= 0.6 is 11.6 Å². The lowest BCUT2D eigenvalue weighted by Gasteiger charge is -2.35. The van der Waals surface area contributed by atoms with Crippen LogP contribution in [-0.2, 0) is 0 Å². The lowest BCUT2D eigenvalue weighted by molar-refractivity contribution is 0.0746. The maximum absolute atomic E-state index is 12.6. The molecule has 0 spiro atoms. The molecular weight excluding hydrogens is 372 g/mol. The van der Waals surface area contributed by atoms with Crippen molar-refractivity contribution in [2.24, 2.45) is 0 Å². The summed E-state index contributed by atoms with van der Waals surface area (Å²) in [5, 5.41) is 9.46. The van der Waals surface area contributed by atoms with Gasteiger partial charge >= 0.3 is 0 Å². The molecule has 2 aromatic carbocycles. The SMILES string of the molecule is Cc1ccccc1-c1ccc(N2CCN(C(=O)c3ccc(Cl)cc3)CC2)nn1. The van der Waals surface area contributed by atoms with Gasteiger partial charge in [-0.2, -0.15) is 0 Å². The second-order valence-corrected chi connectivity index (χ2v) is 7.31. The predicted molar refractivity (Wildman–Crippen MR) is 112 cm³/mol. The Labute approximate surface area is 169 Å². The Kier molecular flexibility index (Phi) is 5.26. The Morgan fingerprint density at radius 3 is 2.25 bits per heavy atom. The number of hydrogen-bond acceptors (Lipinski definition) is 4. The fraction of sp³-hybridized carbons (Fsp3) is 0.227. The molecule has 5 nitrogen and oxygen atoms in total. The molecule has 1 fully saturated rings. The molecule has 1 aliphatic rings. The maximum atomic E-state index is 12.6. The smallest absolute Gasteiger partial charge is 0.253 e. The highest BCUT2D eigenvalue weighted by atomic mass is 35.5. The van der Waals surface area contributed by atoms with Gasteiger partial charge in [0.05, 0.1) is 5.69 Å². The first-order chi connectivity index (χ1) is 13.6. The summed E-state index contributed by atoms with van der Waals surface area (Å²) in [6.45, 7) is 4.85. The molecule has 6 heteroatoms. The molecule has 0 radical (unpaired) electrons. The molecule has 1 aromatic heterocycles. The number of aryl methyl sites for hydroxylation is 1. The zero-order chi connectivity index (χ0) is 19.5. The van der Waals surface area contributed by atoms with Crippen molar-refractivity contribution in [3.05, 3.63) is 76.8 Å². The topological polar surface area (TPSA) is 49.3 Å². The molecule has 1 saturated heterocycles. The molecule has 0 aliphatic carbocycles. The number of nitrogens with zero attached hydrogens (tertiary/aromatic N) is 4. The van der Waals surface area contributed by atoms with Gasteiger partial charge in [0.2, 0.25) is 0 Å². The fourth-order valence-corrected chi connectivity index (χ4v) is 3.54. The molecule has 0 N–H and O–H groups in total. The van der Waals surface area contributed by atoms with Crippen LogP contribution in [0, 0.1) is 6.92 Å². The van der Waals surface area contributed by atoms with Gasteiger partial charge in [-0.3, -0.25) is 4.79 Å². The molecule has 4 rings (SSSR count). The average Bonchev–Trinajstić information content (AvgIpc) is 2.74. The summed E-state index contributed by atoms with van der Waals surface area (Å²) in [6.07, 6.45) is 0. The molecule has 1 amide bonds. The zero-order valence-corrected chi connectivity index (χ0v) is 16.4. The second-order valence-electron chi connectivity index (χ2n) is 6.88. The van der Waals surface area contributed by atoms with E-state index in [9.17, 15) is 4.79 Å². The van der Waals surface area contributed by atoms with Crippen LogP contribution in [0.1, 0.15) is 15.9 Å². The molecular formula is C22H21ClN4O. The van der Waals surface area contributed by atoms with Gasteiger partial charge in [-0.25, -0.2) is 0 Å². The molecule has 142 valence electrons. The summed E-state index contributed by atoms with van der Waals surface area (Å²) in [4.78, 5) is 16.7. The third-order valence-corrected chi connectivity index (χ3v) is 5.31. The quantitative estimate of drug-likeness (QED) is 0.674. The van der Waals surface area contributed by atoms with Crippen LogP contribution in [-0.4, -0.2) is 47.2 Å². The molecule has 0 unspecified atom stereocenters. The summed E-state index contributed by atoms with van der Waals surface area (Å²) in [7, 11) is 0. The minimum Gasteiger partial charge on any atom is -0.352 e. The van der Waals surface area contributed by atoms with E-state index in [0.717, 1.165) is 30.2 Å². The number of halogens is 1. The summed E-state index contributed by atoms with van der Waals surface area (Å²) >= 11 is 5.90. The number of aromatic nitrogens is 2. The zero-order valence-electron chi connectivity index (χ0n) is 15.7. The Morgan fingerprint density at radius 1 is 0.893 bits per heavy atom. The van der Waals surface area contributed by atoms with E-state index in [4.69, 9.17) is 11.6 Å². The third kappa shape index (κ3) is 3.85. The lowest BCUT2D eigenvalue weighted by Crippen LogP contribution is -2.49. The van der Waals surface area contributed by atoms with E-state index in [2.05, 4.69) is 34.2 Å².